The van der Waals surface area contributed by atoms with Crippen molar-refractivity contribution >= 4 is 23.1 Å². The van der Waals surface area contributed by atoms with Crippen molar-refractivity contribution < 1.29 is 19.1 Å². The predicted octanol–water partition coefficient (Wildman–Crippen LogP) is 4.34. The molecule has 0 radical (unpaired) electrons. The third kappa shape index (κ3) is 3.85. The third-order valence-corrected chi connectivity index (χ3v) is 6.28. The molecule has 4 rings (SSSR count). The van der Waals surface area contributed by atoms with Crippen LogP contribution >= 0.6 is 0 Å². The number of likely N-dealkylation sites (tertiary alicyclic amines) is 1. The van der Waals surface area contributed by atoms with Crippen molar-refractivity contribution in [1.29, 1.82) is 0 Å². The van der Waals surface area contributed by atoms with Gasteiger partial charge in [0.15, 0.2) is 0 Å². The molecule has 1 saturated heterocycles. The smallest absolute Gasteiger partial charge is 0.282 e. The van der Waals surface area contributed by atoms with Crippen LogP contribution in [0.1, 0.15) is 36.5 Å². The molecule has 2 aliphatic heterocycles. The number of carbonyl (C=O) groups is 2. The molecule has 2 amide bonds. The molecule has 2 aliphatic rings. The maximum atomic E-state index is 13.8. The van der Waals surface area contributed by atoms with Gasteiger partial charge in [0.05, 0.1) is 25.5 Å². The van der Waals surface area contributed by atoms with Crippen LogP contribution in [0, 0.1) is 19.8 Å². The second-order valence-electron chi connectivity index (χ2n) is 8.75. The van der Waals surface area contributed by atoms with E-state index in [-0.39, 0.29) is 11.8 Å². The van der Waals surface area contributed by atoms with E-state index >= 15 is 0 Å². The topological polar surface area (TPSA) is 59.1 Å². The molecule has 1 fully saturated rings. The fraction of sp³-hybridized carbons (Fsp3) is 0.385. The monoisotopic (exact) mass is 434 g/mol. The lowest BCUT2D eigenvalue weighted by Crippen LogP contribution is -2.39. The first kappa shape index (κ1) is 21.9. The molecule has 2 aromatic carbocycles. The van der Waals surface area contributed by atoms with Crippen LogP contribution in [0.2, 0.25) is 0 Å². The summed E-state index contributed by atoms with van der Waals surface area (Å²) in [5.41, 5.74) is 4.32. The zero-order valence-corrected chi connectivity index (χ0v) is 19.4. The Bertz CT molecular complexity index is 1080. The summed E-state index contributed by atoms with van der Waals surface area (Å²) in [5.74, 6) is 0.895. The zero-order valence-electron chi connectivity index (χ0n) is 19.4. The van der Waals surface area contributed by atoms with Gasteiger partial charge in [0, 0.05) is 31.3 Å². The molecular weight excluding hydrogens is 404 g/mol. The molecule has 0 N–H and O–H groups in total. The van der Waals surface area contributed by atoms with Gasteiger partial charge in [0.25, 0.3) is 11.8 Å². The first-order valence-corrected chi connectivity index (χ1v) is 11.0. The highest BCUT2D eigenvalue weighted by Crippen LogP contribution is 2.39. The number of piperidine rings is 1. The Morgan fingerprint density at radius 3 is 2.22 bits per heavy atom. The summed E-state index contributed by atoms with van der Waals surface area (Å²) in [5, 5.41) is 0. The number of anilines is 1. The molecule has 0 aromatic heterocycles. The maximum Gasteiger partial charge on any atom is 0.282 e. The van der Waals surface area contributed by atoms with Gasteiger partial charge >= 0.3 is 0 Å². The van der Waals surface area contributed by atoms with Gasteiger partial charge in [0.2, 0.25) is 0 Å². The predicted molar refractivity (Wildman–Crippen MR) is 125 cm³/mol. The number of imide groups is 1. The number of nitrogens with zero attached hydrogens (tertiary/aromatic N) is 2. The van der Waals surface area contributed by atoms with Crippen LogP contribution in [0.5, 0.6) is 11.5 Å². The standard InChI is InChI=1S/C26H30N2O4/c1-16-8-9-22(18(3)11-16)23-24(27-10-6-7-17(2)15-27)26(30)28(25(23)29)19-12-20(31-4)14-21(13-19)32-5/h8-9,11-14,17H,6-7,10,15H2,1-5H3. The fourth-order valence-electron chi connectivity index (χ4n) is 4.70. The van der Waals surface area contributed by atoms with E-state index in [0.717, 1.165) is 42.6 Å². The minimum Gasteiger partial charge on any atom is -0.497 e. The summed E-state index contributed by atoms with van der Waals surface area (Å²) < 4.78 is 10.8. The zero-order chi connectivity index (χ0) is 23.0. The Morgan fingerprint density at radius 1 is 0.938 bits per heavy atom. The highest BCUT2D eigenvalue weighted by Gasteiger charge is 2.43. The Balaban J connectivity index is 1.87. The van der Waals surface area contributed by atoms with Gasteiger partial charge < -0.3 is 14.4 Å². The van der Waals surface area contributed by atoms with Crippen molar-refractivity contribution in [3.8, 4) is 11.5 Å². The van der Waals surface area contributed by atoms with Crippen molar-refractivity contribution in [1.82, 2.24) is 4.90 Å². The van der Waals surface area contributed by atoms with E-state index in [1.807, 2.05) is 32.0 Å². The van der Waals surface area contributed by atoms with Crippen molar-refractivity contribution in [3.63, 3.8) is 0 Å². The first-order chi connectivity index (χ1) is 15.3. The minimum absolute atomic E-state index is 0.297. The van der Waals surface area contributed by atoms with Gasteiger partial charge in [-0.25, -0.2) is 4.90 Å². The van der Waals surface area contributed by atoms with E-state index in [4.69, 9.17) is 9.47 Å². The van der Waals surface area contributed by atoms with Crippen LogP contribution in [0.3, 0.4) is 0 Å². The number of ether oxygens (including phenoxy) is 2. The molecule has 0 spiro atoms. The average Bonchev–Trinajstić information content (AvgIpc) is 3.03. The fourth-order valence-corrected chi connectivity index (χ4v) is 4.70. The van der Waals surface area contributed by atoms with Gasteiger partial charge in [-0.3, -0.25) is 9.59 Å². The number of methoxy groups -OCH3 is 2. The Morgan fingerprint density at radius 2 is 1.62 bits per heavy atom. The van der Waals surface area contributed by atoms with Crippen LogP contribution in [-0.2, 0) is 9.59 Å². The summed E-state index contributed by atoms with van der Waals surface area (Å²) in [6.07, 6.45) is 2.13. The average molecular weight is 435 g/mol. The number of rotatable bonds is 5. The summed E-state index contributed by atoms with van der Waals surface area (Å²) in [6.45, 7) is 7.73. The van der Waals surface area contributed by atoms with Crippen LogP contribution in [-0.4, -0.2) is 44.0 Å². The molecule has 0 bridgehead atoms. The van der Waals surface area contributed by atoms with Crippen molar-refractivity contribution in [2.75, 3.05) is 32.2 Å². The number of benzene rings is 2. The number of amides is 2. The molecule has 1 unspecified atom stereocenters. The number of carbonyl (C=O) groups excluding carboxylic acids is 2. The lowest BCUT2D eigenvalue weighted by atomic mass is 9.95. The summed E-state index contributed by atoms with van der Waals surface area (Å²) in [7, 11) is 3.10. The molecule has 0 saturated carbocycles. The van der Waals surface area contributed by atoms with Gasteiger partial charge in [-0.2, -0.15) is 0 Å². The Hall–Kier alpha value is -3.28. The van der Waals surface area contributed by atoms with Crippen molar-refractivity contribution in [2.45, 2.75) is 33.6 Å². The van der Waals surface area contributed by atoms with Crippen LogP contribution in [0.25, 0.3) is 5.57 Å². The molecule has 2 heterocycles. The first-order valence-electron chi connectivity index (χ1n) is 11.0. The van der Waals surface area contributed by atoms with Crippen molar-refractivity contribution in [2.24, 2.45) is 5.92 Å². The molecule has 2 aromatic rings. The van der Waals surface area contributed by atoms with Crippen molar-refractivity contribution in [3.05, 3.63) is 58.8 Å². The molecular formula is C26H30N2O4. The number of hydrogen-bond donors (Lipinski definition) is 0. The Kier molecular flexibility index (Phi) is 5.96. The van der Waals surface area contributed by atoms with E-state index in [1.54, 1.807) is 32.4 Å². The molecule has 32 heavy (non-hydrogen) atoms. The van der Waals surface area contributed by atoms with E-state index in [2.05, 4.69) is 11.8 Å². The molecule has 168 valence electrons. The number of hydrogen-bond acceptors (Lipinski definition) is 5. The maximum absolute atomic E-state index is 13.8. The number of aryl methyl sites for hydroxylation is 2. The highest BCUT2D eigenvalue weighted by molar-refractivity contribution is 6.45. The van der Waals surface area contributed by atoms with Gasteiger partial charge in [-0.1, -0.05) is 30.7 Å². The molecule has 6 heteroatoms. The lowest BCUT2D eigenvalue weighted by molar-refractivity contribution is -0.120. The molecule has 1 atom stereocenters. The minimum atomic E-state index is -0.314. The normalized spacial score (nSPS) is 19.1. The third-order valence-electron chi connectivity index (χ3n) is 6.28. The van der Waals surface area contributed by atoms with Gasteiger partial charge in [-0.05, 0) is 43.7 Å². The van der Waals surface area contributed by atoms with Crippen LogP contribution in [0.4, 0.5) is 5.69 Å². The molecule has 0 aliphatic carbocycles. The van der Waals surface area contributed by atoms with Crippen LogP contribution < -0.4 is 14.4 Å². The van der Waals surface area contributed by atoms with Gasteiger partial charge in [-0.15, -0.1) is 0 Å². The van der Waals surface area contributed by atoms with Gasteiger partial charge in [0.1, 0.15) is 17.2 Å². The Labute approximate surface area is 189 Å². The largest absolute Gasteiger partial charge is 0.497 e. The van der Waals surface area contributed by atoms with E-state index in [0.29, 0.717) is 34.4 Å². The quantitative estimate of drug-likeness (QED) is 0.656. The SMILES string of the molecule is COc1cc(OC)cc(N2C(=O)C(c3ccc(C)cc3C)=C(N3CCCC(C)C3)C2=O)c1. The van der Waals surface area contributed by atoms with E-state index in [9.17, 15) is 9.59 Å². The second-order valence-corrected chi connectivity index (χ2v) is 8.75. The summed E-state index contributed by atoms with van der Waals surface area (Å²) in [4.78, 5) is 31.0. The van der Waals surface area contributed by atoms with Crippen LogP contribution in [0.15, 0.2) is 42.1 Å². The second kappa shape index (κ2) is 8.69. The van der Waals surface area contributed by atoms with E-state index < -0.39 is 0 Å². The lowest BCUT2D eigenvalue weighted by Gasteiger charge is -2.33. The highest BCUT2D eigenvalue weighted by atomic mass is 16.5. The summed E-state index contributed by atoms with van der Waals surface area (Å²) in [6, 6.07) is 11.1. The van der Waals surface area contributed by atoms with E-state index in [1.165, 1.54) is 4.90 Å². The summed E-state index contributed by atoms with van der Waals surface area (Å²) >= 11 is 0. The molecule has 6 nitrogen and oxygen atoms in total.